The van der Waals surface area contributed by atoms with Crippen LogP contribution in [0.5, 0.6) is 0 Å². The van der Waals surface area contributed by atoms with Gasteiger partial charge in [0, 0.05) is 42.6 Å². The van der Waals surface area contributed by atoms with Crippen LogP contribution in [-0.4, -0.2) is 42.0 Å². The maximum atomic E-state index is 14.0. The van der Waals surface area contributed by atoms with Crippen molar-refractivity contribution in [3.8, 4) is 0 Å². The Labute approximate surface area is 146 Å². The molecule has 7 heteroatoms. The van der Waals surface area contributed by atoms with Gasteiger partial charge in [-0.05, 0) is 32.0 Å². The number of carbonyl (C=O) groups is 1. The highest BCUT2D eigenvalue weighted by atomic mass is 19.1. The molecular formula is C18H23FN4O2. The number of ether oxygens (including phenoxy) is 1. The van der Waals surface area contributed by atoms with Crippen LogP contribution in [0.25, 0.3) is 0 Å². The van der Waals surface area contributed by atoms with E-state index in [9.17, 15) is 9.18 Å². The van der Waals surface area contributed by atoms with Crippen LogP contribution in [0.15, 0.2) is 24.4 Å². The highest BCUT2D eigenvalue weighted by Crippen LogP contribution is 2.21. The highest BCUT2D eigenvalue weighted by molar-refractivity contribution is 5.95. The maximum absolute atomic E-state index is 14.0. The summed E-state index contributed by atoms with van der Waals surface area (Å²) < 4.78 is 21.1. The number of hydrogen-bond donors (Lipinski definition) is 1. The fourth-order valence-electron chi connectivity index (χ4n) is 3.01. The summed E-state index contributed by atoms with van der Waals surface area (Å²) in [4.78, 5) is 14.6. The molecule has 0 aliphatic carbocycles. The van der Waals surface area contributed by atoms with Crippen LogP contribution in [0.4, 0.5) is 10.1 Å². The molecule has 1 amide bonds. The van der Waals surface area contributed by atoms with Gasteiger partial charge in [-0.2, -0.15) is 5.10 Å². The molecule has 1 saturated heterocycles. The summed E-state index contributed by atoms with van der Waals surface area (Å²) in [6.07, 6.45) is 1.74. The first-order valence-corrected chi connectivity index (χ1v) is 8.38. The fraction of sp³-hybridized carbons (Fsp3) is 0.444. The van der Waals surface area contributed by atoms with Gasteiger partial charge < -0.3 is 15.0 Å². The van der Waals surface area contributed by atoms with Gasteiger partial charge >= 0.3 is 0 Å². The lowest BCUT2D eigenvalue weighted by Crippen LogP contribution is -2.36. The first-order valence-electron chi connectivity index (χ1n) is 8.38. The summed E-state index contributed by atoms with van der Waals surface area (Å²) in [5.74, 6) is -0.718. The Morgan fingerprint density at radius 2 is 2.04 bits per heavy atom. The van der Waals surface area contributed by atoms with E-state index in [4.69, 9.17) is 4.74 Å². The van der Waals surface area contributed by atoms with Gasteiger partial charge in [-0.15, -0.1) is 0 Å². The number of rotatable bonds is 4. The fourth-order valence-corrected chi connectivity index (χ4v) is 3.01. The number of nitrogens with zero attached hydrogens (tertiary/aromatic N) is 3. The Kier molecular flexibility index (Phi) is 5.03. The van der Waals surface area contributed by atoms with Crippen LogP contribution in [0.3, 0.4) is 0 Å². The average Bonchev–Trinajstić information content (AvgIpc) is 2.94. The first-order chi connectivity index (χ1) is 12.0. The number of hydrogen-bond acceptors (Lipinski definition) is 4. The van der Waals surface area contributed by atoms with E-state index < -0.39 is 5.82 Å². The second-order valence-electron chi connectivity index (χ2n) is 6.30. The topological polar surface area (TPSA) is 59.4 Å². The third-order valence-corrected chi connectivity index (χ3v) is 4.61. The molecule has 1 aromatic heterocycles. The lowest BCUT2D eigenvalue weighted by atomic mass is 10.1. The summed E-state index contributed by atoms with van der Waals surface area (Å²) in [6, 6.07) is 4.24. The Morgan fingerprint density at radius 1 is 1.32 bits per heavy atom. The molecule has 2 aromatic rings. The summed E-state index contributed by atoms with van der Waals surface area (Å²) in [6.45, 7) is 6.43. The normalized spacial score (nSPS) is 15.9. The van der Waals surface area contributed by atoms with Gasteiger partial charge in [0.25, 0.3) is 5.91 Å². The zero-order chi connectivity index (χ0) is 18.0. The van der Waals surface area contributed by atoms with E-state index in [-0.39, 0.29) is 11.9 Å². The third kappa shape index (κ3) is 3.82. The van der Waals surface area contributed by atoms with Crippen LogP contribution in [-0.2, 0) is 11.8 Å². The average molecular weight is 346 g/mol. The molecule has 0 radical (unpaired) electrons. The smallest absolute Gasteiger partial charge is 0.251 e. The van der Waals surface area contributed by atoms with Crippen molar-refractivity contribution in [2.45, 2.75) is 19.9 Å². The molecule has 2 heterocycles. The van der Waals surface area contributed by atoms with Gasteiger partial charge in [0.15, 0.2) is 0 Å². The Hall–Kier alpha value is -2.41. The predicted octanol–water partition coefficient (Wildman–Crippen LogP) is 2.20. The van der Waals surface area contributed by atoms with Gasteiger partial charge in [0.05, 0.1) is 25.5 Å². The van der Waals surface area contributed by atoms with Gasteiger partial charge in [0.2, 0.25) is 0 Å². The summed E-state index contributed by atoms with van der Waals surface area (Å²) in [5, 5.41) is 7.12. The maximum Gasteiger partial charge on any atom is 0.251 e. The van der Waals surface area contributed by atoms with Crippen LogP contribution in [0.1, 0.15) is 34.6 Å². The minimum Gasteiger partial charge on any atom is -0.378 e. The van der Waals surface area contributed by atoms with Crippen molar-refractivity contribution >= 4 is 11.6 Å². The number of aryl methyl sites for hydroxylation is 1. The standard InChI is InChI=1S/C18H23FN4O2/c1-12(17-11-20-22(3)13(17)2)21-18(24)14-8-15(19)10-16(9-14)23-4-6-25-7-5-23/h8-12H,4-7H2,1-3H3,(H,21,24). The second-order valence-corrected chi connectivity index (χ2v) is 6.30. The van der Waals surface area contributed by atoms with E-state index in [0.29, 0.717) is 37.6 Å². The van der Waals surface area contributed by atoms with Crippen LogP contribution in [0, 0.1) is 12.7 Å². The quantitative estimate of drug-likeness (QED) is 0.922. The van der Waals surface area contributed by atoms with E-state index in [2.05, 4.69) is 10.4 Å². The van der Waals surface area contributed by atoms with Crippen LogP contribution < -0.4 is 10.2 Å². The molecule has 1 aliphatic heterocycles. The Morgan fingerprint density at radius 3 is 2.68 bits per heavy atom. The summed E-state index contributed by atoms with van der Waals surface area (Å²) in [5.41, 5.74) is 2.95. The van der Waals surface area contributed by atoms with Crippen molar-refractivity contribution in [2.75, 3.05) is 31.2 Å². The van der Waals surface area contributed by atoms with Crippen molar-refractivity contribution in [3.63, 3.8) is 0 Å². The van der Waals surface area contributed by atoms with E-state index in [1.165, 1.54) is 12.1 Å². The van der Waals surface area contributed by atoms with Gasteiger partial charge in [-0.25, -0.2) is 4.39 Å². The van der Waals surface area contributed by atoms with E-state index in [1.54, 1.807) is 16.9 Å². The first kappa shape index (κ1) is 17.4. The van der Waals surface area contributed by atoms with E-state index in [0.717, 1.165) is 11.3 Å². The SMILES string of the molecule is Cc1c(C(C)NC(=O)c2cc(F)cc(N3CCOCC3)c2)cnn1C. The molecule has 1 aromatic carbocycles. The molecule has 25 heavy (non-hydrogen) atoms. The van der Waals surface area contributed by atoms with Crippen molar-refractivity contribution < 1.29 is 13.9 Å². The molecule has 1 atom stereocenters. The molecule has 0 bridgehead atoms. The molecule has 1 fully saturated rings. The lowest BCUT2D eigenvalue weighted by Gasteiger charge is -2.29. The molecule has 1 unspecified atom stereocenters. The molecular weight excluding hydrogens is 323 g/mol. The number of halogens is 1. The van der Waals surface area contributed by atoms with Gasteiger partial charge in [0.1, 0.15) is 5.82 Å². The molecule has 1 aliphatic rings. The van der Waals surface area contributed by atoms with Gasteiger partial charge in [-0.1, -0.05) is 0 Å². The monoisotopic (exact) mass is 346 g/mol. The Balaban J connectivity index is 1.77. The number of benzene rings is 1. The van der Waals surface area contributed by atoms with E-state index in [1.807, 2.05) is 25.8 Å². The number of morpholine rings is 1. The lowest BCUT2D eigenvalue weighted by molar-refractivity contribution is 0.0939. The molecule has 3 rings (SSSR count). The van der Waals surface area contributed by atoms with Crippen LogP contribution >= 0.6 is 0 Å². The molecule has 0 saturated carbocycles. The number of amides is 1. The zero-order valence-corrected chi connectivity index (χ0v) is 14.8. The molecule has 0 spiro atoms. The molecule has 6 nitrogen and oxygen atoms in total. The highest BCUT2D eigenvalue weighted by Gasteiger charge is 2.18. The second kappa shape index (κ2) is 7.23. The predicted molar refractivity (Wildman–Crippen MR) is 93.3 cm³/mol. The minimum absolute atomic E-state index is 0.212. The van der Waals surface area contributed by atoms with Crippen molar-refractivity contribution in [2.24, 2.45) is 7.05 Å². The van der Waals surface area contributed by atoms with Crippen molar-refractivity contribution in [3.05, 3.63) is 47.0 Å². The number of anilines is 1. The third-order valence-electron chi connectivity index (χ3n) is 4.61. The van der Waals surface area contributed by atoms with E-state index >= 15 is 0 Å². The summed E-state index contributed by atoms with van der Waals surface area (Å²) in [7, 11) is 1.86. The number of nitrogens with one attached hydrogen (secondary N) is 1. The zero-order valence-electron chi connectivity index (χ0n) is 14.8. The molecule has 134 valence electrons. The number of aromatic nitrogens is 2. The van der Waals surface area contributed by atoms with Crippen molar-refractivity contribution in [1.29, 1.82) is 0 Å². The summed E-state index contributed by atoms with van der Waals surface area (Å²) >= 11 is 0. The Bertz CT molecular complexity index is 768. The van der Waals surface area contributed by atoms with Gasteiger partial charge in [-0.3, -0.25) is 9.48 Å². The number of carbonyl (C=O) groups excluding carboxylic acids is 1. The minimum atomic E-state index is -0.417. The van der Waals surface area contributed by atoms with Crippen molar-refractivity contribution in [1.82, 2.24) is 15.1 Å². The van der Waals surface area contributed by atoms with Crippen LogP contribution in [0.2, 0.25) is 0 Å². The largest absolute Gasteiger partial charge is 0.378 e. The molecule has 1 N–H and O–H groups in total.